The Morgan fingerprint density at radius 2 is 1.67 bits per heavy atom. The Hall–Kier alpha value is -2.04. The molecule has 0 amide bonds. The highest BCUT2D eigenvalue weighted by molar-refractivity contribution is 6.31. The molecule has 0 fully saturated rings. The normalized spacial score (nSPS) is 11.0. The molecule has 3 rings (SSSR count). The minimum atomic E-state index is -0.447. The van der Waals surface area contributed by atoms with Crippen LogP contribution in [0, 0.1) is 0 Å². The second kappa shape index (κ2) is 5.06. The van der Waals surface area contributed by atoms with Gasteiger partial charge in [-0.05, 0) is 36.4 Å². The Bertz CT molecular complexity index is 974. The number of aromatic nitrogens is 2. The largest absolute Gasteiger partial charge is 0.335 e. The third-order valence-corrected chi connectivity index (χ3v) is 3.77. The smallest absolute Gasteiger partial charge is 0.296 e. The molecule has 0 aliphatic heterocycles. The minimum Gasteiger partial charge on any atom is -0.296 e. The summed E-state index contributed by atoms with van der Waals surface area (Å²) in [5, 5.41) is 1.34. The van der Waals surface area contributed by atoms with E-state index in [4.69, 9.17) is 23.2 Å². The van der Waals surface area contributed by atoms with E-state index in [9.17, 15) is 9.59 Å². The third-order valence-electron chi connectivity index (χ3n) is 3.30. The molecule has 0 spiro atoms. The predicted octanol–water partition coefficient (Wildman–Crippen LogP) is 3.00. The van der Waals surface area contributed by atoms with Crippen LogP contribution in [0.1, 0.15) is 0 Å². The average molecular weight is 321 g/mol. The molecule has 6 heteroatoms. The van der Waals surface area contributed by atoms with Gasteiger partial charge in [-0.15, -0.1) is 0 Å². The van der Waals surface area contributed by atoms with Crippen molar-refractivity contribution in [3.8, 4) is 5.69 Å². The van der Waals surface area contributed by atoms with Crippen LogP contribution in [0.2, 0.25) is 10.0 Å². The summed E-state index contributed by atoms with van der Waals surface area (Å²) >= 11 is 11.9. The van der Waals surface area contributed by atoms with Gasteiger partial charge in [-0.1, -0.05) is 29.3 Å². The van der Waals surface area contributed by atoms with E-state index in [0.717, 1.165) is 4.57 Å². The summed E-state index contributed by atoms with van der Waals surface area (Å²) < 4.78 is 2.49. The molecule has 1 aromatic heterocycles. The standard InChI is InChI=1S/C15H10Cl2N2O2/c1-18-13-8-10(17)5-6-12(13)14(20)19(15(18)21)11-4-2-3-9(16)7-11/h2-8H,1H3. The maximum atomic E-state index is 12.6. The van der Waals surface area contributed by atoms with Crippen molar-refractivity contribution in [2.75, 3.05) is 0 Å². The Kier molecular flexibility index (Phi) is 3.35. The fourth-order valence-electron chi connectivity index (χ4n) is 2.27. The highest BCUT2D eigenvalue weighted by Gasteiger charge is 2.12. The Morgan fingerprint density at radius 1 is 0.952 bits per heavy atom. The van der Waals surface area contributed by atoms with Crippen molar-refractivity contribution in [1.82, 2.24) is 9.13 Å². The van der Waals surface area contributed by atoms with E-state index in [1.54, 1.807) is 49.5 Å². The zero-order valence-electron chi connectivity index (χ0n) is 11.0. The average Bonchev–Trinajstić information content (AvgIpc) is 2.45. The number of nitrogens with zero attached hydrogens (tertiary/aromatic N) is 2. The van der Waals surface area contributed by atoms with Crippen molar-refractivity contribution < 1.29 is 0 Å². The fourth-order valence-corrected chi connectivity index (χ4v) is 2.62. The lowest BCUT2D eigenvalue weighted by molar-refractivity contribution is 0.774. The molecular formula is C15H10Cl2N2O2. The number of halogens is 2. The van der Waals surface area contributed by atoms with Gasteiger partial charge in [0.1, 0.15) is 0 Å². The second-order valence-corrected chi connectivity index (χ2v) is 5.50. The van der Waals surface area contributed by atoms with Gasteiger partial charge in [-0.3, -0.25) is 9.36 Å². The van der Waals surface area contributed by atoms with Crippen molar-refractivity contribution in [3.05, 3.63) is 73.3 Å². The molecule has 0 aliphatic carbocycles. The highest BCUT2D eigenvalue weighted by atomic mass is 35.5. The van der Waals surface area contributed by atoms with Gasteiger partial charge in [0.05, 0.1) is 16.6 Å². The first kappa shape index (κ1) is 13.9. The number of aryl methyl sites for hydroxylation is 1. The molecule has 1 heterocycles. The molecule has 0 saturated carbocycles. The lowest BCUT2D eigenvalue weighted by atomic mass is 10.2. The summed E-state index contributed by atoms with van der Waals surface area (Å²) in [5.74, 6) is 0. The SMILES string of the molecule is Cn1c(=O)n(-c2cccc(Cl)c2)c(=O)c2ccc(Cl)cc21. The van der Waals surface area contributed by atoms with Crippen molar-refractivity contribution in [2.24, 2.45) is 7.05 Å². The van der Waals surface area contributed by atoms with E-state index >= 15 is 0 Å². The van der Waals surface area contributed by atoms with Crippen LogP contribution in [-0.4, -0.2) is 9.13 Å². The molecule has 3 aromatic rings. The van der Waals surface area contributed by atoms with Crippen LogP contribution >= 0.6 is 23.2 Å². The molecule has 0 unspecified atom stereocenters. The number of benzene rings is 2. The molecular weight excluding hydrogens is 311 g/mol. The van der Waals surface area contributed by atoms with Gasteiger partial charge in [-0.25, -0.2) is 9.36 Å². The van der Waals surface area contributed by atoms with E-state index in [2.05, 4.69) is 0 Å². The zero-order valence-corrected chi connectivity index (χ0v) is 12.5. The van der Waals surface area contributed by atoms with E-state index in [-0.39, 0.29) is 0 Å². The third kappa shape index (κ3) is 2.26. The molecule has 0 N–H and O–H groups in total. The van der Waals surface area contributed by atoms with E-state index in [0.29, 0.717) is 26.6 Å². The van der Waals surface area contributed by atoms with Gasteiger partial charge in [0, 0.05) is 17.1 Å². The molecule has 0 saturated heterocycles. The fraction of sp³-hybridized carbons (Fsp3) is 0.0667. The minimum absolute atomic E-state index is 0.396. The van der Waals surface area contributed by atoms with E-state index < -0.39 is 11.2 Å². The van der Waals surface area contributed by atoms with Crippen LogP contribution in [0.5, 0.6) is 0 Å². The van der Waals surface area contributed by atoms with Crippen molar-refractivity contribution in [3.63, 3.8) is 0 Å². The maximum absolute atomic E-state index is 12.6. The quantitative estimate of drug-likeness (QED) is 0.691. The molecule has 0 aliphatic rings. The van der Waals surface area contributed by atoms with Crippen LogP contribution in [-0.2, 0) is 7.05 Å². The van der Waals surface area contributed by atoms with Gasteiger partial charge in [0.2, 0.25) is 0 Å². The highest BCUT2D eigenvalue weighted by Crippen LogP contribution is 2.17. The second-order valence-electron chi connectivity index (χ2n) is 4.62. The monoisotopic (exact) mass is 320 g/mol. The van der Waals surface area contributed by atoms with Crippen molar-refractivity contribution >= 4 is 34.1 Å². The number of hydrogen-bond acceptors (Lipinski definition) is 2. The van der Waals surface area contributed by atoms with Crippen LogP contribution in [0.3, 0.4) is 0 Å². The van der Waals surface area contributed by atoms with Crippen molar-refractivity contribution in [1.29, 1.82) is 0 Å². The van der Waals surface area contributed by atoms with Crippen LogP contribution < -0.4 is 11.2 Å². The summed E-state index contributed by atoms with van der Waals surface area (Å²) in [7, 11) is 1.60. The molecule has 0 bridgehead atoms. The Morgan fingerprint density at radius 3 is 2.38 bits per heavy atom. The molecule has 21 heavy (non-hydrogen) atoms. The topological polar surface area (TPSA) is 44.0 Å². The lowest BCUT2D eigenvalue weighted by Crippen LogP contribution is -2.37. The first-order chi connectivity index (χ1) is 9.99. The van der Waals surface area contributed by atoms with Crippen LogP contribution in [0.25, 0.3) is 16.6 Å². The van der Waals surface area contributed by atoms with Crippen molar-refractivity contribution in [2.45, 2.75) is 0 Å². The lowest BCUT2D eigenvalue weighted by Gasteiger charge is -2.11. The number of fused-ring (bicyclic) bond motifs is 1. The molecule has 2 aromatic carbocycles. The van der Waals surface area contributed by atoms with Gasteiger partial charge in [0.25, 0.3) is 5.56 Å². The summed E-state index contributed by atoms with van der Waals surface area (Å²) in [6.45, 7) is 0. The first-order valence-electron chi connectivity index (χ1n) is 6.16. The van der Waals surface area contributed by atoms with Crippen LogP contribution in [0.4, 0.5) is 0 Å². The van der Waals surface area contributed by atoms with Gasteiger partial charge >= 0.3 is 5.69 Å². The molecule has 4 nitrogen and oxygen atoms in total. The molecule has 106 valence electrons. The first-order valence-corrected chi connectivity index (χ1v) is 6.92. The number of rotatable bonds is 1. The van der Waals surface area contributed by atoms with Gasteiger partial charge in [-0.2, -0.15) is 0 Å². The van der Waals surface area contributed by atoms with E-state index in [1.807, 2.05) is 0 Å². The molecule has 0 atom stereocenters. The van der Waals surface area contributed by atoms with Gasteiger partial charge in [0.15, 0.2) is 0 Å². The van der Waals surface area contributed by atoms with Crippen LogP contribution in [0.15, 0.2) is 52.1 Å². The zero-order chi connectivity index (χ0) is 15.1. The summed E-state index contributed by atoms with van der Waals surface area (Å²) in [4.78, 5) is 25.1. The summed E-state index contributed by atoms with van der Waals surface area (Å²) in [6.07, 6.45) is 0. The maximum Gasteiger partial charge on any atom is 0.335 e. The Balaban J connectivity index is 2.48. The van der Waals surface area contributed by atoms with Gasteiger partial charge < -0.3 is 0 Å². The van der Waals surface area contributed by atoms with E-state index in [1.165, 1.54) is 4.57 Å². The Labute approximate surface area is 129 Å². The predicted molar refractivity (Wildman–Crippen MR) is 84.8 cm³/mol. The molecule has 0 radical (unpaired) electrons. The number of hydrogen-bond donors (Lipinski definition) is 0. The summed E-state index contributed by atoms with van der Waals surface area (Å²) in [5.41, 5.74) is 0.0878. The summed E-state index contributed by atoms with van der Waals surface area (Å²) in [6, 6.07) is 11.4.